The Morgan fingerprint density at radius 3 is 1.75 bits per heavy atom. The van der Waals surface area contributed by atoms with Crippen LogP contribution < -0.4 is 15.4 Å². The van der Waals surface area contributed by atoms with Crippen LogP contribution in [0.3, 0.4) is 0 Å². The maximum atomic E-state index is 15.5. The topological polar surface area (TPSA) is 82.2 Å². The Kier molecular flexibility index (Phi) is 8.64. The van der Waals surface area contributed by atoms with Crippen LogP contribution in [0.25, 0.3) is 92.7 Å². The number of hydrogen-bond donors (Lipinski definition) is 0. The SMILES string of the molecule is O=C1C2C=C(N3CCCCC3)C3=C4C2=C(C=C(N2CCCCC2)C4c2ccc4c5c(N6CCCCC6)cc6c7c(cc(N8CCCCC8)c(c8ccc3c2c84)c57)c(=O)n2c3ccccc3nc62)c2nc3ccccc3n21. The van der Waals surface area contributed by atoms with E-state index in [1.54, 1.807) is 0 Å². The average molecular weight is 995 g/mol. The molecule has 4 fully saturated rings. The van der Waals surface area contributed by atoms with Gasteiger partial charge >= 0.3 is 0 Å². The summed E-state index contributed by atoms with van der Waals surface area (Å²) in [6.45, 7) is 7.90. The summed E-state index contributed by atoms with van der Waals surface area (Å²) in [5, 5.41) is 11.9. The van der Waals surface area contributed by atoms with Crippen LogP contribution >= 0.6 is 0 Å². The van der Waals surface area contributed by atoms with Gasteiger partial charge in [0.2, 0.25) is 5.91 Å². The first kappa shape index (κ1) is 42.5. The third kappa shape index (κ3) is 5.42. The standard InChI is InChI=1S/C66H58N8O2/c75-65-43-35-51(71-29-13-3-14-30-71)59-39-23-24-40-54-38(22-21-37(53(39)54)57-49(69-25-9-1-10-26-69)33-41(55(43)61(57)59)63-67-45-17-5-7-19-47(45)73(63)65)58-50(70-27-11-2-12-28-70)34-42-56-44(36-52(60(40)62(56)58)72-31-15-4-16-32-72)66(76)74-48-20-8-6-18-46(48)68-64(42)74/h5-8,17-24,33-36,43,57H,1-4,9-16,25-32H2. The zero-order chi connectivity index (χ0) is 49.7. The summed E-state index contributed by atoms with van der Waals surface area (Å²) in [6, 6.07) is 31.1. The molecule has 18 rings (SSSR count). The van der Waals surface area contributed by atoms with Gasteiger partial charge in [-0.05, 0) is 169 Å². The molecule has 0 amide bonds. The van der Waals surface area contributed by atoms with E-state index in [-0.39, 0.29) is 17.4 Å². The zero-order valence-corrected chi connectivity index (χ0v) is 42.9. The summed E-state index contributed by atoms with van der Waals surface area (Å²) in [4.78, 5) is 52.4. The van der Waals surface area contributed by atoms with Gasteiger partial charge in [-0.15, -0.1) is 0 Å². The molecule has 3 aromatic heterocycles. The molecule has 76 heavy (non-hydrogen) atoms. The van der Waals surface area contributed by atoms with Crippen LogP contribution in [-0.4, -0.2) is 87.0 Å². The molecule has 374 valence electrons. The minimum absolute atomic E-state index is 0.0144. The Morgan fingerprint density at radius 1 is 0.487 bits per heavy atom. The number of carbonyl (C=O) groups excluding carboxylic acids is 1. The second-order valence-corrected chi connectivity index (χ2v) is 23.5. The third-order valence-corrected chi connectivity index (χ3v) is 19.6. The van der Waals surface area contributed by atoms with Crippen molar-refractivity contribution in [1.82, 2.24) is 28.7 Å². The number of imidazole rings is 2. The van der Waals surface area contributed by atoms with Gasteiger partial charge in [-0.1, -0.05) is 48.5 Å². The molecule has 10 nitrogen and oxygen atoms in total. The number of allylic oxidation sites excluding steroid dienone is 6. The summed E-state index contributed by atoms with van der Waals surface area (Å²) in [6.07, 6.45) is 19.0. The smallest absolute Gasteiger partial charge is 0.264 e. The van der Waals surface area contributed by atoms with Crippen LogP contribution in [0.1, 0.15) is 105 Å². The molecule has 3 aliphatic carbocycles. The molecule has 0 saturated carbocycles. The molecule has 0 bridgehead atoms. The predicted molar refractivity (Wildman–Crippen MR) is 308 cm³/mol. The molecular weight excluding hydrogens is 937 g/mol. The van der Waals surface area contributed by atoms with Gasteiger partial charge in [0.15, 0.2) is 0 Å². The van der Waals surface area contributed by atoms with Gasteiger partial charge in [-0.3, -0.25) is 18.6 Å². The number of hydrogen-bond acceptors (Lipinski definition) is 8. The first-order valence-electron chi connectivity index (χ1n) is 28.8. The molecule has 4 saturated heterocycles. The van der Waals surface area contributed by atoms with Crippen molar-refractivity contribution in [3.05, 3.63) is 147 Å². The number of aromatic nitrogens is 4. The quantitative estimate of drug-likeness (QED) is 0.127. The Hall–Kier alpha value is -7.72. The van der Waals surface area contributed by atoms with E-state index >= 15 is 9.59 Å². The van der Waals surface area contributed by atoms with Crippen LogP contribution in [0, 0.1) is 5.92 Å². The fourth-order valence-electron chi connectivity index (χ4n) is 16.4. The predicted octanol–water partition coefficient (Wildman–Crippen LogP) is 13.2. The lowest BCUT2D eigenvalue weighted by molar-refractivity contribution is 0.0876. The fraction of sp³-hybridized carbons (Fsp3) is 0.333. The van der Waals surface area contributed by atoms with Crippen LogP contribution in [0.15, 0.2) is 124 Å². The van der Waals surface area contributed by atoms with Crippen molar-refractivity contribution >= 4 is 110 Å². The van der Waals surface area contributed by atoms with Crippen molar-refractivity contribution < 1.29 is 4.79 Å². The number of likely N-dealkylation sites (tertiary alicyclic amines) is 2. The largest absolute Gasteiger partial charge is 0.374 e. The lowest BCUT2D eigenvalue weighted by atomic mass is 9.62. The fourth-order valence-corrected chi connectivity index (χ4v) is 16.4. The van der Waals surface area contributed by atoms with Gasteiger partial charge < -0.3 is 19.6 Å². The number of anilines is 2. The van der Waals surface area contributed by atoms with E-state index in [9.17, 15) is 0 Å². The van der Waals surface area contributed by atoms with Crippen molar-refractivity contribution in [2.45, 2.75) is 83.0 Å². The van der Waals surface area contributed by atoms with Crippen LogP contribution in [0.2, 0.25) is 0 Å². The van der Waals surface area contributed by atoms with Crippen LogP contribution in [0.4, 0.5) is 11.4 Å². The molecule has 0 spiro atoms. The molecule has 2 atom stereocenters. The molecule has 10 aromatic rings. The first-order chi connectivity index (χ1) is 37.6. The Labute approximate surface area is 439 Å². The maximum absolute atomic E-state index is 15.5. The monoisotopic (exact) mass is 994 g/mol. The van der Waals surface area contributed by atoms with Gasteiger partial charge in [0.1, 0.15) is 11.5 Å². The number of pyridine rings is 1. The second-order valence-electron chi connectivity index (χ2n) is 23.5. The number of benzene rings is 7. The summed E-state index contributed by atoms with van der Waals surface area (Å²) >= 11 is 0. The summed E-state index contributed by atoms with van der Waals surface area (Å²) < 4.78 is 3.87. The first-order valence-corrected chi connectivity index (χ1v) is 28.8. The minimum Gasteiger partial charge on any atom is -0.374 e. The highest BCUT2D eigenvalue weighted by Gasteiger charge is 2.50. The minimum atomic E-state index is -0.423. The van der Waals surface area contributed by atoms with E-state index in [1.165, 1.54) is 108 Å². The molecular formula is C66H58N8O2. The molecule has 8 aliphatic rings. The van der Waals surface area contributed by atoms with Gasteiger partial charge in [0.05, 0.1) is 39.3 Å². The van der Waals surface area contributed by atoms with Crippen molar-refractivity contribution in [2.24, 2.45) is 5.92 Å². The highest BCUT2D eigenvalue weighted by molar-refractivity contribution is 6.43. The van der Waals surface area contributed by atoms with Gasteiger partial charge in [0.25, 0.3) is 5.56 Å². The van der Waals surface area contributed by atoms with Gasteiger partial charge in [0, 0.05) is 113 Å². The molecule has 7 aromatic carbocycles. The number of fused-ring (bicyclic) bond motifs is 12. The summed E-state index contributed by atoms with van der Waals surface area (Å²) in [5.41, 5.74) is 16.8. The van der Waals surface area contributed by atoms with E-state index in [1.807, 2.05) is 33.2 Å². The molecule has 0 N–H and O–H groups in total. The molecule has 2 unspecified atom stereocenters. The highest BCUT2D eigenvalue weighted by Crippen LogP contribution is 2.62. The Morgan fingerprint density at radius 2 is 1.07 bits per heavy atom. The lowest BCUT2D eigenvalue weighted by Crippen LogP contribution is -2.41. The normalized spacial score (nSPS) is 22.0. The van der Waals surface area contributed by atoms with E-state index in [0.717, 1.165) is 165 Å². The van der Waals surface area contributed by atoms with Crippen molar-refractivity contribution in [2.75, 3.05) is 62.2 Å². The third-order valence-electron chi connectivity index (χ3n) is 19.6. The second kappa shape index (κ2) is 15.5. The van der Waals surface area contributed by atoms with Crippen LogP contribution in [0.5, 0.6) is 0 Å². The van der Waals surface area contributed by atoms with Gasteiger partial charge in [-0.2, -0.15) is 0 Å². The number of piperidine rings is 4. The van der Waals surface area contributed by atoms with Crippen molar-refractivity contribution in [3.63, 3.8) is 0 Å². The highest BCUT2D eigenvalue weighted by atomic mass is 16.2. The molecule has 5 aliphatic heterocycles. The molecule has 10 heteroatoms. The maximum Gasteiger partial charge on any atom is 0.264 e. The molecule has 8 heterocycles. The number of rotatable bonds is 4. The molecule has 0 radical (unpaired) electrons. The number of nitrogens with zero attached hydrogens (tertiary/aromatic N) is 8. The number of carbonyl (C=O) groups is 1. The lowest BCUT2D eigenvalue weighted by Gasteiger charge is -2.48. The van der Waals surface area contributed by atoms with Crippen molar-refractivity contribution in [3.8, 4) is 0 Å². The van der Waals surface area contributed by atoms with E-state index in [0.29, 0.717) is 0 Å². The Balaban J connectivity index is 1.02. The van der Waals surface area contributed by atoms with Crippen LogP contribution in [-0.2, 0) is 0 Å². The summed E-state index contributed by atoms with van der Waals surface area (Å²) in [5.74, 6) is 0.404. The van der Waals surface area contributed by atoms with E-state index < -0.39 is 5.92 Å². The van der Waals surface area contributed by atoms with E-state index in [4.69, 9.17) is 9.97 Å². The average Bonchev–Trinajstić information content (AvgIpc) is 4.21. The zero-order valence-electron chi connectivity index (χ0n) is 42.9. The summed E-state index contributed by atoms with van der Waals surface area (Å²) in [7, 11) is 0. The van der Waals surface area contributed by atoms with Crippen molar-refractivity contribution in [1.29, 1.82) is 0 Å². The Bertz CT molecular complexity index is 4430. The van der Waals surface area contributed by atoms with E-state index in [2.05, 4.69) is 92.4 Å². The number of para-hydroxylation sites is 4. The van der Waals surface area contributed by atoms with Gasteiger partial charge in [-0.25, -0.2) is 9.97 Å².